The van der Waals surface area contributed by atoms with E-state index < -0.39 is 0 Å². The number of thiazole rings is 1. The van der Waals surface area contributed by atoms with Gasteiger partial charge in [0.05, 0.1) is 22.6 Å². The SMILES string of the molecule is N#Cc1ccc(N2CCC(c3nc4c(s3)CCN(C3CCC3)CC4)C2)cn1. The van der Waals surface area contributed by atoms with E-state index in [2.05, 4.69) is 20.9 Å². The van der Waals surface area contributed by atoms with Gasteiger partial charge in [0.25, 0.3) is 0 Å². The second-order valence-electron chi connectivity index (χ2n) is 7.99. The zero-order valence-corrected chi connectivity index (χ0v) is 16.4. The standard InChI is InChI=1S/C21H25N5S/c22-12-16-4-5-18(13-23-16)26-9-6-15(14-26)21-24-19-7-10-25(17-2-1-3-17)11-8-20(19)27-21/h4-5,13,15,17H,1-3,6-11,14H2. The van der Waals surface area contributed by atoms with Crippen LogP contribution in [0.3, 0.4) is 0 Å². The smallest absolute Gasteiger partial charge is 0.140 e. The van der Waals surface area contributed by atoms with Gasteiger partial charge in [0.2, 0.25) is 0 Å². The molecule has 1 saturated carbocycles. The molecule has 5 nitrogen and oxygen atoms in total. The lowest BCUT2D eigenvalue weighted by Crippen LogP contribution is -2.41. The summed E-state index contributed by atoms with van der Waals surface area (Å²) in [6, 6.07) is 6.76. The fraction of sp³-hybridized carbons (Fsp3) is 0.571. The predicted molar refractivity (Wildman–Crippen MR) is 107 cm³/mol. The Hall–Kier alpha value is -1.97. The largest absolute Gasteiger partial charge is 0.370 e. The summed E-state index contributed by atoms with van der Waals surface area (Å²) in [7, 11) is 0. The fourth-order valence-electron chi connectivity index (χ4n) is 4.53. The van der Waals surface area contributed by atoms with Crippen molar-refractivity contribution in [2.75, 3.05) is 31.1 Å². The molecule has 1 atom stereocenters. The summed E-state index contributed by atoms with van der Waals surface area (Å²) in [6.07, 6.45) is 9.49. The molecule has 6 heteroatoms. The lowest BCUT2D eigenvalue weighted by molar-refractivity contribution is 0.133. The molecular weight excluding hydrogens is 354 g/mol. The van der Waals surface area contributed by atoms with Gasteiger partial charge < -0.3 is 4.90 Å². The Morgan fingerprint density at radius 2 is 2.00 bits per heavy atom. The Balaban J connectivity index is 1.25. The first-order chi connectivity index (χ1) is 13.3. The number of rotatable bonds is 3. The van der Waals surface area contributed by atoms with Gasteiger partial charge in [0.1, 0.15) is 11.8 Å². The third kappa shape index (κ3) is 3.35. The summed E-state index contributed by atoms with van der Waals surface area (Å²) in [5, 5.41) is 10.2. The number of fused-ring (bicyclic) bond motifs is 1. The lowest BCUT2D eigenvalue weighted by atomic mass is 9.91. The molecule has 2 aromatic rings. The van der Waals surface area contributed by atoms with Crippen molar-refractivity contribution in [3.05, 3.63) is 39.6 Å². The summed E-state index contributed by atoms with van der Waals surface area (Å²) in [4.78, 5) is 15.9. The molecule has 2 fully saturated rings. The van der Waals surface area contributed by atoms with Crippen LogP contribution >= 0.6 is 11.3 Å². The van der Waals surface area contributed by atoms with Crippen molar-refractivity contribution in [2.24, 2.45) is 0 Å². The normalized spacial score (nSPS) is 23.5. The third-order valence-corrected chi connectivity index (χ3v) is 7.73. The number of aromatic nitrogens is 2. The Morgan fingerprint density at radius 1 is 1.11 bits per heavy atom. The average molecular weight is 380 g/mol. The Labute approximate surface area is 164 Å². The highest BCUT2D eigenvalue weighted by molar-refractivity contribution is 7.11. The van der Waals surface area contributed by atoms with Crippen LogP contribution in [0.1, 0.15) is 52.9 Å². The van der Waals surface area contributed by atoms with Gasteiger partial charge in [0, 0.05) is 49.4 Å². The molecule has 3 aliphatic rings. The topological polar surface area (TPSA) is 56.1 Å². The zero-order valence-electron chi connectivity index (χ0n) is 15.6. The van der Waals surface area contributed by atoms with E-state index in [-0.39, 0.29) is 0 Å². The van der Waals surface area contributed by atoms with Gasteiger partial charge >= 0.3 is 0 Å². The second-order valence-corrected chi connectivity index (χ2v) is 9.10. The molecule has 4 heterocycles. The summed E-state index contributed by atoms with van der Waals surface area (Å²) in [5.41, 5.74) is 2.97. The molecule has 2 aromatic heterocycles. The first-order valence-electron chi connectivity index (χ1n) is 10.1. The van der Waals surface area contributed by atoms with Crippen LogP contribution in [0.25, 0.3) is 0 Å². The average Bonchev–Trinajstić information content (AvgIpc) is 3.26. The van der Waals surface area contributed by atoms with E-state index in [4.69, 9.17) is 10.2 Å². The molecule has 1 unspecified atom stereocenters. The van der Waals surface area contributed by atoms with Crippen molar-refractivity contribution in [2.45, 2.75) is 50.5 Å². The molecule has 5 rings (SSSR count). The molecule has 1 aliphatic carbocycles. The summed E-state index contributed by atoms with van der Waals surface area (Å²) >= 11 is 1.97. The van der Waals surface area contributed by atoms with Crippen LogP contribution in [0, 0.1) is 11.3 Å². The molecule has 2 aliphatic heterocycles. The highest BCUT2D eigenvalue weighted by Gasteiger charge is 2.30. The maximum Gasteiger partial charge on any atom is 0.140 e. The maximum absolute atomic E-state index is 8.91. The van der Waals surface area contributed by atoms with Gasteiger partial charge in [-0.15, -0.1) is 11.3 Å². The number of anilines is 1. The number of hydrogen-bond donors (Lipinski definition) is 0. The quantitative estimate of drug-likeness (QED) is 0.818. The van der Waals surface area contributed by atoms with Crippen LogP contribution in [0.4, 0.5) is 5.69 Å². The van der Waals surface area contributed by atoms with Crippen LogP contribution in [0.2, 0.25) is 0 Å². The number of hydrogen-bond acceptors (Lipinski definition) is 6. The number of nitriles is 1. The molecule has 140 valence electrons. The van der Waals surface area contributed by atoms with E-state index in [1.807, 2.05) is 29.7 Å². The highest BCUT2D eigenvalue weighted by Crippen LogP contribution is 2.36. The first-order valence-corrected chi connectivity index (χ1v) is 11.0. The van der Waals surface area contributed by atoms with E-state index in [0.29, 0.717) is 11.6 Å². The monoisotopic (exact) mass is 379 g/mol. The lowest BCUT2D eigenvalue weighted by Gasteiger charge is -2.36. The Bertz CT molecular complexity index is 823. The van der Waals surface area contributed by atoms with Gasteiger partial charge in [-0.2, -0.15) is 5.26 Å². The molecule has 1 saturated heterocycles. The van der Waals surface area contributed by atoms with Crippen LogP contribution in [-0.2, 0) is 12.8 Å². The number of pyridine rings is 1. The van der Waals surface area contributed by atoms with E-state index in [0.717, 1.165) is 37.7 Å². The van der Waals surface area contributed by atoms with Gasteiger partial charge in [-0.1, -0.05) is 6.42 Å². The maximum atomic E-state index is 8.91. The molecule has 0 aromatic carbocycles. The van der Waals surface area contributed by atoms with Gasteiger partial charge in [-0.05, 0) is 37.8 Å². The van der Waals surface area contributed by atoms with Gasteiger partial charge in [-0.3, -0.25) is 4.90 Å². The van der Waals surface area contributed by atoms with Crippen LogP contribution in [0.15, 0.2) is 18.3 Å². The van der Waals surface area contributed by atoms with Crippen LogP contribution in [0.5, 0.6) is 0 Å². The Kier molecular flexibility index (Phi) is 4.58. The second kappa shape index (κ2) is 7.21. The molecule has 0 radical (unpaired) electrons. The van der Waals surface area contributed by atoms with Crippen molar-refractivity contribution in [3.8, 4) is 6.07 Å². The summed E-state index contributed by atoms with van der Waals surface area (Å²) in [5.74, 6) is 0.528. The van der Waals surface area contributed by atoms with E-state index in [9.17, 15) is 0 Å². The molecule has 27 heavy (non-hydrogen) atoms. The van der Waals surface area contributed by atoms with Crippen LogP contribution in [-0.4, -0.2) is 47.1 Å². The molecule has 0 amide bonds. The predicted octanol–water partition coefficient (Wildman–Crippen LogP) is 3.36. The minimum atomic E-state index is 0.481. The third-order valence-electron chi connectivity index (χ3n) is 6.41. The van der Waals surface area contributed by atoms with Crippen LogP contribution < -0.4 is 4.90 Å². The van der Waals surface area contributed by atoms with E-state index in [1.165, 1.54) is 54.4 Å². The summed E-state index contributed by atoms with van der Waals surface area (Å²) in [6.45, 7) is 4.45. The van der Waals surface area contributed by atoms with Crippen molar-refractivity contribution < 1.29 is 0 Å². The van der Waals surface area contributed by atoms with Gasteiger partial charge in [-0.25, -0.2) is 9.97 Å². The summed E-state index contributed by atoms with van der Waals surface area (Å²) < 4.78 is 0. The minimum absolute atomic E-state index is 0.481. The number of nitrogens with zero attached hydrogens (tertiary/aromatic N) is 5. The Morgan fingerprint density at radius 3 is 2.74 bits per heavy atom. The van der Waals surface area contributed by atoms with Crippen molar-refractivity contribution >= 4 is 17.0 Å². The van der Waals surface area contributed by atoms with E-state index in [1.54, 1.807) is 0 Å². The van der Waals surface area contributed by atoms with Crippen molar-refractivity contribution in [1.29, 1.82) is 5.26 Å². The molecule has 0 spiro atoms. The van der Waals surface area contributed by atoms with Gasteiger partial charge in [0.15, 0.2) is 0 Å². The van der Waals surface area contributed by atoms with E-state index >= 15 is 0 Å². The minimum Gasteiger partial charge on any atom is -0.370 e. The molecular formula is C21H25N5S. The molecule has 0 bridgehead atoms. The van der Waals surface area contributed by atoms with Crippen molar-refractivity contribution in [1.82, 2.24) is 14.9 Å². The highest BCUT2D eigenvalue weighted by atomic mass is 32.1. The molecule has 0 N–H and O–H groups in total. The zero-order chi connectivity index (χ0) is 18.2. The first kappa shape index (κ1) is 17.2. The fourth-order valence-corrected chi connectivity index (χ4v) is 5.75. The van der Waals surface area contributed by atoms with Crippen molar-refractivity contribution in [3.63, 3.8) is 0 Å².